The summed E-state index contributed by atoms with van der Waals surface area (Å²) in [5, 5.41) is 13.7. The summed E-state index contributed by atoms with van der Waals surface area (Å²) in [5.74, 6) is 0.0798. The number of alkyl halides is 3. The van der Waals surface area contributed by atoms with Crippen molar-refractivity contribution in [3.63, 3.8) is 0 Å². The van der Waals surface area contributed by atoms with Crippen LogP contribution in [0.25, 0.3) is 5.65 Å². The number of carbonyl (C=O) groups is 1. The lowest BCUT2D eigenvalue weighted by Crippen LogP contribution is -2.43. The first-order valence-electron chi connectivity index (χ1n) is 8.86. The van der Waals surface area contributed by atoms with Crippen LogP contribution in [0.3, 0.4) is 0 Å². The Balaban J connectivity index is 1.71. The van der Waals surface area contributed by atoms with Crippen molar-refractivity contribution < 1.29 is 18.0 Å². The lowest BCUT2D eigenvalue weighted by Gasteiger charge is -2.23. The second kappa shape index (κ2) is 8.28. The van der Waals surface area contributed by atoms with E-state index in [-0.39, 0.29) is 29.1 Å². The van der Waals surface area contributed by atoms with Crippen LogP contribution in [0.2, 0.25) is 5.02 Å². The van der Waals surface area contributed by atoms with Gasteiger partial charge in [0.25, 0.3) is 0 Å². The topological polar surface area (TPSA) is 71.3 Å². The fourth-order valence-corrected chi connectivity index (χ4v) is 3.03. The molecule has 29 heavy (non-hydrogen) atoms. The van der Waals surface area contributed by atoms with E-state index in [1.54, 1.807) is 16.7 Å². The van der Waals surface area contributed by atoms with E-state index < -0.39 is 17.8 Å². The number of hydrogen-bond donors (Lipinski definition) is 2. The Morgan fingerprint density at radius 1 is 1.21 bits per heavy atom. The third-order valence-electron chi connectivity index (χ3n) is 4.36. The van der Waals surface area contributed by atoms with Gasteiger partial charge in [-0.1, -0.05) is 31.5 Å². The molecule has 6 nitrogen and oxygen atoms in total. The van der Waals surface area contributed by atoms with Gasteiger partial charge in [-0.2, -0.15) is 13.2 Å². The molecular weight excluding hydrogens is 407 g/mol. The smallest absolute Gasteiger partial charge is 0.372 e. The van der Waals surface area contributed by atoms with Gasteiger partial charge in [0.1, 0.15) is 6.04 Å². The van der Waals surface area contributed by atoms with Crippen LogP contribution in [0, 0.1) is 5.92 Å². The van der Waals surface area contributed by atoms with Crippen molar-refractivity contribution in [3.05, 3.63) is 59.0 Å². The summed E-state index contributed by atoms with van der Waals surface area (Å²) in [7, 11) is 0. The molecule has 0 unspecified atom stereocenters. The van der Waals surface area contributed by atoms with Crippen molar-refractivity contribution in [1.29, 1.82) is 0 Å². The molecule has 0 aliphatic carbocycles. The number of aromatic nitrogens is 3. The number of amides is 1. The van der Waals surface area contributed by atoms with Gasteiger partial charge >= 0.3 is 6.18 Å². The van der Waals surface area contributed by atoms with Gasteiger partial charge in [-0.15, -0.1) is 10.2 Å². The zero-order chi connectivity index (χ0) is 21.2. The van der Waals surface area contributed by atoms with Crippen LogP contribution in [0.4, 0.5) is 18.9 Å². The van der Waals surface area contributed by atoms with Crippen molar-refractivity contribution in [3.8, 4) is 0 Å². The van der Waals surface area contributed by atoms with Crippen molar-refractivity contribution >= 4 is 28.8 Å². The number of hydrogen-bond acceptors (Lipinski definition) is 4. The van der Waals surface area contributed by atoms with Gasteiger partial charge in [-0.25, -0.2) is 0 Å². The minimum Gasteiger partial charge on any atom is -0.372 e. The average molecular weight is 426 g/mol. The second-order valence-corrected chi connectivity index (χ2v) is 7.23. The molecule has 2 heterocycles. The third-order valence-corrected chi connectivity index (χ3v) is 4.67. The highest BCUT2D eigenvalue weighted by Gasteiger charge is 2.31. The largest absolute Gasteiger partial charge is 0.416 e. The molecule has 10 heteroatoms. The van der Waals surface area contributed by atoms with E-state index in [2.05, 4.69) is 20.8 Å². The number of pyridine rings is 1. The van der Waals surface area contributed by atoms with Gasteiger partial charge < -0.3 is 10.6 Å². The van der Waals surface area contributed by atoms with Gasteiger partial charge in [-0.05, 0) is 36.2 Å². The lowest BCUT2D eigenvalue weighted by atomic mass is 10.0. The van der Waals surface area contributed by atoms with Crippen molar-refractivity contribution in [1.82, 2.24) is 19.9 Å². The number of nitrogens with one attached hydrogen (secondary N) is 2. The second-order valence-electron chi connectivity index (χ2n) is 6.82. The lowest BCUT2D eigenvalue weighted by molar-refractivity contribution is -0.137. The summed E-state index contributed by atoms with van der Waals surface area (Å²) < 4.78 is 40.2. The molecule has 0 aliphatic rings. The maximum absolute atomic E-state index is 12.8. The molecule has 0 fully saturated rings. The predicted octanol–water partition coefficient (Wildman–Crippen LogP) is 4.15. The SMILES string of the molecule is CC(C)[C@@H](Nc1ccc(C(F)(F)F)cc1Cl)C(=O)NCc1nnc2ccccn12. The van der Waals surface area contributed by atoms with Gasteiger partial charge in [0.2, 0.25) is 5.91 Å². The molecule has 2 aromatic heterocycles. The Kier molecular flexibility index (Phi) is 5.97. The Morgan fingerprint density at radius 2 is 1.97 bits per heavy atom. The molecule has 0 saturated carbocycles. The molecule has 0 saturated heterocycles. The predicted molar refractivity (Wildman–Crippen MR) is 104 cm³/mol. The Morgan fingerprint density at radius 3 is 2.62 bits per heavy atom. The van der Waals surface area contributed by atoms with Crippen LogP contribution in [0.1, 0.15) is 25.2 Å². The molecule has 1 aromatic carbocycles. The quantitative estimate of drug-likeness (QED) is 0.622. The number of carbonyl (C=O) groups excluding carboxylic acids is 1. The van der Waals surface area contributed by atoms with Gasteiger partial charge in [-0.3, -0.25) is 9.20 Å². The van der Waals surface area contributed by atoms with Crippen LogP contribution in [0.5, 0.6) is 0 Å². The highest BCUT2D eigenvalue weighted by Crippen LogP contribution is 2.34. The number of benzene rings is 1. The van der Waals surface area contributed by atoms with Gasteiger partial charge in [0.05, 0.1) is 22.8 Å². The van der Waals surface area contributed by atoms with E-state index >= 15 is 0 Å². The molecule has 0 spiro atoms. The average Bonchev–Trinajstić information content (AvgIpc) is 3.07. The van der Waals surface area contributed by atoms with E-state index in [9.17, 15) is 18.0 Å². The number of nitrogens with zero attached hydrogens (tertiary/aromatic N) is 3. The van der Waals surface area contributed by atoms with Crippen LogP contribution >= 0.6 is 11.6 Å². The van der Waals surface area contributed by atoms with E-state index in [0.29, 0.717) is 11.5 Å². The summed E-state index contributed by atoms with van der Waals surface area (Å²) >= 11 is 6.00. The first kappa shape index (κ1) is 20.9. The van der Waals surface area contributed by atoms with Crippen LogP contribution in [0.15, 0.2) is 42.6 Å². The molecule has 0 aliphatic heterocycles. The van der Waals surface area contributed by atoms with E-state index in [1.165, 1.54) is 6.07 Å². The Bertz CT molecular complexity index is 1020. The number of anilines is 1. The molecule has 154 valence electrons. The maximum Gasteiger partial charge on any atom is 0.416 e. The van der Waals surface area contributed by atoms with Gasteiger partial charge in [0.15, 0.2) is 11.5 Å². The fourth-order valence-electron chi connectivity index (χ4n) is 2.80. The first-order chi connectivity index (χ1) is 13.7. The third kappa shape index (κ3) is 4.79. The molecule has 1 amide bonds. The van der Waals surface area contributed by atoms with E-state index in [4.69, 9.17) is 11.6 Å². The van der Waals surface area contributed by atoms with Crippen molar-refractivity contribution in [2.75, 3.05) is 5.32 Å². The van der Waals surface area contributed by atoms with Crippen LogP contribution in [-0.4, -0.2) is 26.5 Å². The molecule has 1 atom stereocenters. The summed E-state index contributed by atoms with van der Waals surface area (Å²) in [4.78, 5) is 12.7. The van der Waals surface area contributed by atoms with Crippen LogP contribution < -0.4 is 10.6 Å². The number of halogens is 4. The van der Waals surface area contributed by atoms with E-state index in [0.717, 1.165) is 12.1 Å². The van der Waals surface area contributed by atoms with Crippen LogP contribution in [-0.2, 0) is 17.5 Å². The van der Waals surface area contributed by atoms with Crippen molar-refractivity contribution in [2.24, 2.45) is 5.92 Å². The zero-order valence-corrected chi connectivity index (χ0v) is 16.4. The van der Waals surface area contributed by atoms with Gasteiger partial charge in [0, 0.05) is 6.20 Å². The van der Waals surface area contributed by atoms with E-state index in [1.807, 2.05) is 26.0 Å². The summed E-state index contributed by atoms with van der Waals surface area (Å²) in [6.45, 7) is 3.79. The van der Waals surface area contributed by atoms with Crippen molar-refractivity contribution in [2.45, 2.75) is 32.6 Å². The highest BCUT2D eigenvalue weighted by atomic mass is 35.5. The summed E-state index contributed by atoms with van der Waals surface area (Å²) in [6.07, 6.45) is -2.70. The monoisotopic (exact) mass is 425 g/mol. The molecule has 0 bridgehead atoms. The Hall–Kier alpha value is -2.81. The molecule has 3 aromatic rings. The maximum atomic E-state index is 12.8. The number of fused-ring (bicyclic) bond motifs is 1. The highest BCUT2D eigenvalue weighted by molar-refractivity contribution is 6.33. The first-order valence-corrected chi connectivity index (χ1v) is 9.24. The normalized spacial score (nSPS) is 12.9. The fraction of sp³-hybridized carbons (Fsp3) is 0.316. The Labute approximate surface area is 170 Å². The zero-order valence-electron chi connectivity index (χ0n) is 15.7. The standard InChI is InChI=1S/C19H19ClF3N5O/c1-11(2)17(25-14-7-6-12(9-13(14)20)19(21,22)23)18(29)24-10-16-27-26-15-5-3-4-8-28(15)16/h3-9,11,17,25H,10H2,1-2H3,(H,24,29)/t17-/m1/s1. The molecule has 0 radical (unpaired) electrons. The minimum atomic E-state index is -4.49. The molecular formula is C19H19ClF3N5O. The number of rotatable bonds is 6. The summed E-state index contributed by atoms with van der Waals surface area (Å²) in [5.41, 5.74) is 0.0607. The summed E-state index contributed by atoms with van der Waals surface area (Å²) in [6, 6.07) is 7.73. The molecule has 3 rings (SSSR count). The minimum absolute atomic E-state index is 0.110. The molecule has 2 N–H and O–H groups in total.